The number of carbonyl (C=O) groups is 2. The van der Waals surface area contributed by atoms with Gasteiger partial charge in [-0.05, 0) is 49.1 Å². The van der Waals surface area contributed by atoms with E-state index in [0.29, 0.717) is 15.7 Å². The van der Waals surface area contributed by atoms with Gasteiger partial charge in [-0.1, -0.05) is 11.8 Å². The Balaban J connectivity index is 1.44. The summed E-state index contributed by atoms with van der Waals surface area (Å²) in [5.74, 6) is 0.173. The van der Waals surface area contributed by atoms with Gasteiger partial charge in [-0.2, -0.15) is 0 Å². The number of methoxy groups -OCH3 is 1. The predicted molar refractivity (Wildman–Crippen MR) is 112 cm³/mol. The lowest BCUT2D eigenvalue weighted by Crippen LogP contribution is -2.19. The van der Waals surface area contributed by atoms with E-state index in [-0.39, 0.29) is 11.7 Å². The van der Waals surface area contributed by atoms with Crippen molar-refractivity contribution in [3.8, 4) is 11.4 Å². The van der Waals surface area contributed by atoms with E-state index in [9.17, 15) is 9.59 Å². The first kappa shape index (κ1) is 19.5. The summed E-state index contributed by atoms with van der Waals surface area (Å²) in [6.07, 6.45) is 4.37. The Labute approximate surface area is 175 Å². The highest BCUT2D eigenvalue weighted by Gasteiger charge is 2.26. The van der Waals surface area contributed by atoms with Crippen LogP contribution in [0.2, 0.25) is 0 Å². The Kier molecular flexibility index (Phi) is 5.54. The maximum Gasteiger partial charge on any atom is 0.251 e. The molecular formula is C19H19N5O3S2. The number of primary amides is 1. The molecule has 1 aliphatic carbocycles. The lowest BCUT2D eigenvalue weighted by molar-refractivity contribution is -0.113. The Morgan fingerprint density at radius 1 is 1.31 bits per heavy atom. The second kappa shape index (κ2) is 8.26. The van der Waals surface area contributed by atoms with Crippen molar-refractivity contribution in [1.29, 1.82) is 0 Å². The Morgan fingerprint density at radius 3 is 2.83 bits per heavy atom. The van der Waals surface area contributed by atoms with Gasteiger partial charge in [0.15, 0.2) is 5.16 Å². The summed E-state index contributed by atoms with van der Waals surface area (Å²) in [4.78, 5) is 25.5. The zero-order valence-corrected chi connectivity index (χ0v) is 17.3. The van der Waals surface area contributed by atoms with Crippen LogP contribution >= 0.6 is 23.1 Å². The zero-order chi connectivity index (χ0) is 20.4. The van der Waals surface area contributed by atoms with Crippen LogP contribution in [0.15, 0.2) is 35.7 Å². The van der Waals surface area contributed by atoms with Crippen molar-refractivity contribution < 1.29 is 14.3 Å². The van der Waals surface area contributed by atoms with Gasteiger partial charge in [-0.25, -0.2) is 0 Å². The number of thiophene rings is 1. The van der Waals surface area contributed by atoms with Crippen LogP contribution in [0, 0.1) is 0 Å². The van der Waals surface area contributed by atoms with E-state index < -0.39 is 5.91 Å². The molecular weight excluding hydrogens is 410 g/mol. The van der Waals surface area contributed by atoms with E-state index in [4.69, 9.17) is 10.5 Å². The van der Waals surface area contributed by atoms with Crippen molar-refractivity contribution in [3.05, 3.63) is 46.6 Å². The van der Waals surface area contributed by atoms with Gasteiger partial charge >= 0.3 is 0 Å². The summed E-state index contributed by atoms with van der Waals surface area (Å²) in [6, 6.07) is 7.47. The third-order valence-corrected chi connectivity index (χ3v) is 6.77. The van der Waals surface area contributed by atoms with Crippen molar-refractivity contribution in [2.24, 2.45) is 5.73 Å². The molecule has 0 radical (unpaired) electrons. The van der Waals surface area contributed by atoms with Crippen molar-refractivity contribution in [3.63, 3.8) is 0 Å². The molecule has 1 aliphatic rings. The molecule has 0 spiro atoms. The molecule has 0 saturated carbocycles. The molecule has 0 unspecified atom stereocenters. The van der Waals surface area contributed by atoms with Crippen molar-refractivity contribution in [2.45, 2.75) is 24.4 Å². The lowest BCUT2D eigenvalue weighted by atomic mass is 10.1. The fourth-order valence-corrected chi connectivity index (χ4v) is 5.33. The van der Waals surface area contributed by atoms with Crippen LogP contribution in [0.3, 0.4) is 0 Å². The number of nitrogens with one attached hydrogen (secondary N) is 1. The Morgan fingerprint density at radius 2 is 2.10 bits per heavy atom. The minimum atomic E-state index is -0.494. The molecule has 2 heterocycles. The second-order valence-corrected chi connectivity index (χ2v) is 8.49. The molecule has 0 atom stereocenters. The van der Waals surface area contributed by atoms with Crippen LogP contribution < -0.4 is 15.8 Å². The number of thioether (sulfide) groups is 1. The maximum atomic E-state index is 12.5. The van der Waals surface area contributed by atoms with Gasteiger partial charge in [-0.15, -0.1) is 21.5 Å². The quantitative estimate of drug-likeness (QED) is 0.559. The van der Waals surface area contributed by atoms with E-state index >= 15 is 0 Å². The number of ether oxygens (including phenoxy) is 1. The van der Waals surface area contributed by atoms with Crippen molar-refractivity contribution >= 4 is 39.9 Å². The molecule has 0 bridgehead atoms. The first-order valence-electron chi connectivity index (χ1n) is 8.98. The van der Waals surface area contributed by atoms with Crippen molar-refractivity contribution in [2.75, 3.05) is 18.2 Å². The van der Waals surface area contributed by atoms with Gasteiger partial charge in [0.1, 0.15) is 17.1 Å². The number of aryl methyl sites for hydroxylation is 1. The van der Waals surface area contributed by atoms with E-state index in [1.807, 2.05) is 24.3 Å². The average molecular weight is 430 g/mol. The molecule has 2 aromatic heterocycles. The van der Waals surface area contributed by atoms with Gasteiger partial charge in [0.05, 0.1) is 18.4 Å². The molecule has 3 aromatic rings. The van der Waals surface area contributed by atoms with Crippen LogP contribution in [0.25, 0.3) is 5.69 Å². The molecule has 2 amide bonds. The summed E-state index contributed by atoms with van der Waals surface area (Å²) in [5.41, 5.74) is 7.86. The molecule has 10 heteroatoms. The topological polar surface area (TPSA) is 112 Å². The van der Waals surface area contributed by atoms with E-state index in [2.05, 4.69) is 15.5 Å². The number of anilines is 1. The lowest BCUT2D eigenvalue weighted by Gasteiger charge is -2.08. The van der Waals surface area contributed by atoms with Crippen molar-refractivity contribution in [1.82, 2.24) is 14.8 Å². The van der Waals surface area contributed by atoms with E-state index in [0.717, 1.165) is 41.1 Å². The number of nitrogens with zero attached hydrogens (tertiary/aromatic N) is 3. The van der Waals surface area contributed by atoms with E-state index in [1.165, 1.54) is 23.1 Å². The number of fused-ring (bicyclic) bond motifs is 1. The molecule has 4 rings (SSSR count). The van der Waals surface area contributed by atoms with Gasteiger partial charge in [-0.3, -0.25) is 14.2 Å². The monoisotopic (exact) mass is 429 g/mol. The van der Waals surface area contributed by atoms with Crippen LogP contribution in [0.5, 0.6) is 5.75 Å². The summed E-state index contributed by atoms with van der Waals surface area (Å²) in [6.45, 7) is 0. The molecule has 0 saturated heterocycles. The Bertz CT molecular complexity index is 1060. The number of rotatable bonds is 7. The first-order valence-corrected chi connectivity index (χ1v) is 10.8. The predicted octanol–water partition coefficient (Wildman–Crippen LogP) is 2.66. The number of hydrogen-bond acceptors (Lipinski definition) is 7. The number of carbonyl (C=O) groups excluding carboxylic acids is 2. The first-order chi connectivity index (χ1) is 14.1. The third kappa shape index (κ3) is 3.99. The summed E-state index contributed by atoms with van der Waals surface area (Å²) < 4.78 is 6.97. The SMILES string of the molecule is COc1ccc(-n2cnnc2SCC(=O)Nc2sc3c(c2C(N)=O)CCC3)cc1. The summed E-state index contributed by atoms with van der Waals surface area (Å²) in [5, 5.41) is 12.0. The smallest absolute Gasteiger partial charge is 0.251 e. The third-order valence-electron chi connectivity index (χ3n) is 4.62. The molecule has 1 aromatic carbocycles. The molecule has 8 nitrogen and oxygen atoms in total. The van der Waals surface area contributed by atoms with Gasteiger partial charge in [0, 0.05) is 10.6 Å². The maximum absolute atomic E-state index is 12.5. The van der Waals surface area contributed by atoms with Crippen LogP contribution in [-0.4, -0.2) is 39.4 Å². The highest BCUT2D eigenvalue weighted by molar-refractivity contribution is 7.99. The van der Waals surface area contributed by atoms with Gasteiger partial charge in [0.25, 0.3) is 5.91 Å². The van der Waals surface area contributed by atoms with Gasteiger partial charge < -0.3 is 15.8 Å². The number of amides is 2. The minimum Gasteiger partial charge on any atom is -0.497 e. The van der Waals surface area contributed by atoms with Gasteiger partial charge in [0.2, 0.25) is 5.91 Å². The van der Waals surface area contributed by atoms with Crippen LogP contribution in [0.4, 0.5) is 5.00 Å². The average Bonchev–Trinajstić information content (AvgIpc) is 3.42. The number of hydrogen-bond donors (Lipinski definition) is 2. The highest BCUT2D eigenvalue weighted by Crippen LogP contribution is 2.38. The fourth-order valence-electron chi connectivity index (χ4n) is 3.29. The van der Waals surface area contributed by atoms with E-state index in [1.54, 1.807) is 18.0 Å². The summed E-state index contributed by atoms with van der Waals surface area (Å²) in [7, 11) is 1.61. The Hall–Kier alpha value is -2.85. The molecule has 29 heavy (non-hydrogen) atoms. The minimum absolute atomic E-state index is 0.135. The molecule has 3 N–H and O–H groups in total. The number of aromatic nitrogens is 3. The number of nitrogens with two attached hydrogens (primary N) is 1. The highest BCUT2D eigenvalue weighted by atomic mass is 32.2. The molecule has 150 valence electrons. The van der Waals surface area contributed by atoms with Crippen LogP contribution in [-0.2, 0) is 17.6 Å². The molecule has 0 aliphatic heterocycles. The largest absolute Gasteiger partial charge is 0.497 e. The van der Waals surface area contributed by atoms with Crippen LogP contribution in [0.1, 0.15) is 27.2 Å². The normalized spacial score (nSPS) is 12.6. The fraction of sp³-hybridized carbons (Fsp3) is 0.263. The number of benzene rings is 1. The zero-order valence-electron chi connectivity index (χ0n) is 15.7. The summed E-state index contributed by atoms with van der Waals surface area (Å²) >= 11 is 2.71. The second-order valence-electron chi connectivity index (χ2n) is 6.44. The standard InChI is InChI=1S/C19H19N5O3S2/c1-27-12-7-5-11(6-8-12)24-10-21-23-19(24)28-9-15(25)22-18-16(17(20)26)13-3-2-4-14(13)29-18/h5-8,10H,2-4,9H2,1H3,(H2,20,26)(H,22,25). The molecule has 0 fully saturated rings.